The molecule has 0 radical (unpaired) electrons. The van der Waals surface area contributed by atoms with Crippen molar-refractivity contribution in [3.63, 3.8) is 0 Å². The van der Waals surface area contributed by atoms with Gasteiger partial charge in [0, 0.05) is 45.2 Å². The van der Waals surface area contributed by atoms with E-state index in [-0.39, 0.29) is 11.9 Å². The third-order valence-corrected chi connectivity index (χ3v) is 3.74. The molecule has 1 saturated heterocycles. The van der Waals surface area contributed by atoms with E-state index in [4.69, 9.17) is 5.26 Å². The number of amides is 1. The van der Waals surface area contributed by atoms with Crippen LogP contribution in [0.25, 0.3) is 0 Å². The predicted octanol–water partition coefficient (Wildman–Crippen LogP) is 0.185. The van der Waals surface area contributed by atoms with Crippen LogP contribution in [0.5, 0.6) is 0 Å². The molecule has 2 rings (SSSR count). The normalized spacial score (nSPS) is 23.3. The van der Waals surface area contributed by atoms with Crippen LogP contribution in [0.15, 0.2) is 0 Å². The number of carbonyl (C=O) groups is 1. The van der Waals surface area contributed by atoms with Crippen LogP contribution in [0, 0.1) is 11.3 Å². The molecule has 0 spiro atoms. The highest BCUT2D eigenvalue weighted by atomic mass is 16.1. The topological polar surface area (TPSA) is 59.4 Å². The van der Waals surface area contributed by atoms with E-state index in [2.05, 4.69) is 21.2 Å². The zero-order chi connectivity index (χ0) is 13.0. The Labute approximate surface area is 109 Å². The van der Waals surface area contributed by atoms with E-state index in [0.717, 1.165) is 45.6 Å². The monoisotopic (exact) mass is 250 g/mol. The molecule has 2 aliphatic rings. The minimum absolute atomic E-state index is 0.00492. The van der Waals surface area contributed by atoms with Gasteiger partial charge in [0.25, 0.3) is 0 Å². The maximum absolute atomic E-state index is 11.6. The minimum Gasteiger partial charge on any atom is -0.353 e. The van der Waals surface area contributed by atoms with Gasteiger partial charge in [0.2, 0.25) is 5.91 Å². The second-order valence-corrected chi connectivity index (χ2v) is 5.27. The largest absolute Gasteiger partial charge is 0.353 e. The van der Waals surface area contributed by atoms with Crippen molar-refractivity contribution in [1.82, 2.24) is 15.1 Å². The highest BCUT2D eigenvalue weighted by molar-refractivity contribution is 5.76. The molecule has 5 nitrogen and oxygen atoms in total. The Morgan fingerprint density at radius 1 is 1.39 bits per heavy atom. The van der Waals surface area contributed by atoms with E-state index in [0.29, 0.717) is 12.5 Å². The lowest BCUT2D eigenvalue weighted by atomic mass is 10.2. The van der Waals surface area contributed by atoms with E-state index in [1.165, 1.54) is 0 Å². The van der Waals surface area contributed by atoms with E-state index in [1.807, 2.05) is 6.92 Å². The van der Waals surface area contributed by atoms with Crippen molar-refractivity contribution in [3.05, 3.63) is 0 Å². The van der Waals surface area contributed by atoms with Gasteiger partial charge in [-0.05, 0) is 19.8 Å². The Bertz CT molecular complexity index is 326. The molecular formula is C13H22N4O. The molecule has 1 heterocycles. The Morgan fingerprint density at radius 3 is 2.61 bits per heavy atom. The third-order valence-electron chi connectivity index (χ3n) is 3.74. The Balaban J connectivity index is 1.61. The molecule has 0 aromatic carbocycles. The van der Waals surface area contributed by atoms with Gasteiger partial charge in [0.1, 0.15) is 0 Å². The molecule has 100 valence electrons. The fourth-order valence-electron chi connectivity index (χ4n) is 2.24. The first-order valence-corrected chi connectivity index (χ1v) is 6.84. The first-order valence-electron chi connectivity index (χ1n) is 6.84. The summed E-state index contributed by atoms with van der Waals surface area (Å²) in [5.41, 5.74) is 0. The van der Waals surface area contributed by atoms with Gasteiger partial charge in [-0.15, -0.1) is 0 Å². The molecule has 0 aromatic rings. The molecule has 1 atom stereocenters. The summed E-state index contributed by atoms with van der Waals surface area (Å²) < 4.78 is 0. The standard InChI is InChI=1S/C13H22N4O/c1-11(10-14)17-8-6-16(7-9-17)5-4-13(18)15-12-2-3-12/h11-12H,2-9H2,1H3,(H,15,18). The molecule has 1 unspecified atom stereocenters. The van der Waals surface area contributed by atoms with Crippen LogP contribution in [0.1, 0.15) is 26.2 Å². The van der Waals surface area contributed by atoms with Crippen LogP contribution in [-0.2, 0) is 4.79 Å². The summed E-state index contributed by atoms with van der Waals surface area (Å²) in [5.74, 6) is 0.185. The van der Waals surface area contributed by atoms with Crippen molar-refractivity contribution in [2.24, 2.45) is 0 Å². The highest BCUT2D eigenvalue weighted by Crippen LogP contribution is 2.18. The maximum atomic E-state index is 11.6. The molecule has 5 heteroatoms. The summed E-state index contributed by atoms with van der Waals surface area (Å²) in [6.45, 7) is 6.56. The van der Waals surface area contributed by atoms with E-state index >= 15 is 0 Å². The molecule has 18 heavy (non-hydrogen) atoms. The maximum Gasteiger partial charge on any atom is 0.221 e. The number of rotatable bonds is 5. The van der Waals surface area contributed by atoms with Crippen LogP contribution < -0.4 is 5.32 Å². The van der Waals surface area contributed by atoms with Gasteiger partial charge in [-0.2, -0.15) is 5.26 Å². The number of nitrogens with one attached hydrogen (secondary N) is 1. The molecule has 1 amide bonds. The van der Waals surface area contributed by atoms with Crippen molar-refractivity contribution in [2.75, 3.05) is 32.7 Å². The molecule has 0 aromatic heterocycles. The zero-order valence-electron chi connectivity index (χ0n) is 11.1. The van der Waals surface area contributed by atoms with Crippen LogP contribution in [0.4, 0.5) is 0 Å². The summed E-state index contributed by atoms with van der Waals surface area (Å²) in [5, 5.41) is 11.9. The van der Waals surface area contributed by atoms with Gasteiger partial charge in [-0.1, -0.05) is 0 Å². The molecule has 1 aliphatic carbocycles. The number of piperazine rings is 1. The van der Waals surface area contributed by atoms with E-state index < -0.39 is 0 Å². The van der Waals surface area contributed by atoms with Crippen molar-refractivity contribution in [3.8, 4) is 6.07 Å². The quantitative estimate of drug-likeness (QED) is 0.756. The van der Waals surface area contributed by atoms with Gasteiger partial charge in [0.15, 0.2) is 0 Å². The summed E-state index contributed by atoms with van der Waals surface area (Å²) >= 11 is 0. The average molecular weight is 250 g/mol. The lowest BCUT2D eigenvalue weighted by Gasteiger charge is -2.35. The molecule has 0 bridgehead atoms. The Morgan fingerprint density at radius 2 is 2.06 bits per heavy atom. The summed E-state index contributed by atoms with van der Waals surface area (Å²) in [7, 11) is 0. The van der Waals surface area contributed by atoms with Crippen molar-refractivity contribution >= 4 is 5.91 Å². The predicted molar refractivity (Wildman–Crippen MR) is 68.9 cm³/mol. The van der Waals surface area contributed by atoms with Crippen molar-refractivity contribution in [1.29, 1.82) is 5.26 Å². The molecule has 1 aliphatic heterocycles. The van der Waals surface area contributed by atoms with Gasteiger partial charge in [-0.3, -0.25) is 9.69 Å². The summed E-state index contributed by atoms with van der Waals surface area (Å²) in [6.07, 6.45) is 2.90. The highest BCUT2D eigenvalue weighted by Gasteiger charge is 2.24. The SMILES string of the molecule is CC(C#N)N1CCN(CCC(=O)NC2CC2)CC1. The number of nitrogens with zero attached hydrogens (tertiary/aromatic N) is 3. The van der Waals surface area contributed by atoms with Crippen LogP contribution in [0.2, 0.25) is 0 Å². The molecular weight excluding hydrogens is 228 g/mol. The first-order chi connectivity index (χ1) is 8.69. The van der Waals surface area contributed by atoms with Crippen molar-refractivity contribution < 1.29 is 4.79 Å². The van der Waals surface area contributed by atoms with Gasteiger partial charge >= 0.3 is 0 Å². The number of nitriles is 1. The Hall–Kier alpha value is -1.12. The third kappa shape index (κ3) is 3.97. The lowest BCUT2D eigenvalue weighted by molar-refractivity contribution is -0.121. The number of carbonyl (C=O) groups excluding carboxylic acids is 1. The van der Waals surface area contributed by atoms with Gasteiger partial charge < -0.3 is 10.2 Å². The summed E-state index contributed by atoms with van der Waals surface area (Å²) in [6, 6.07) is 2.74. The molecule has 1 saturated carbocycles. The fourth-order valence-corrected chi connectivity index (χ4v) is 2.24. The average Bonchev–Trinajstić information content (AvgIpc) is 3.20. The second-order valence-electron chi connectivity index (χ2n) is 5.27. The smallest absolute Gasteiger partial charge is 0.221 e. The van der Waals surface area contributed by atoms with Crippen LogP contribution in [-0.4, -0.2) is 60.5 Å². The number of hydrogen-bond donors (Lipinski definition) is 1. The van der Waals surface area contributed by atoms with Crippen molar-refractivity contribution in [2.45, 2.75) is 38.3 Å². The fraction of sp³-hybridized carbons (Fsp3) is 0.846. The van der Waals surface area contributed by atoms with Gasteiger partial charge in [0.05, 0.1) is 12.1 Å². The number of hydrogen-bond acceptors (Lipinski definition) is 4. The second kappa shape index (κ2) is 6.17. The first kappa shape index (κ1) is 13.3. The van der Waals surface area contributed by atoms with Crippen LogP contribution in [0.3, 0.4) is 0 Å². The molecule has 1 N–H and O–H groups in total. The van der Waals surface area contributed by atoms with E-state index in [1.54, 1.807) is 0 Å². The summed E-state index contributed by atoms with van der Waals surface area (Å²) in [4.78, 5) is 16.1. The zero-order valence-corrected chi connectivity index (χ0v) is 11.1. The Kier molecular flexibility index (Phi) is 4.56. The minimum atomic E-state index is 0.00492. The van der Waals surface area contributed by atoms with Gasteiger partial charge in [-0.25, -0.2) is 0 Å². The molecule has 2 fully saturated rings. The van der Waals surface area contributed by atoms with Crippen LogP contribution >= 0.6 is 0 Å². The lowest BCUT2D eigenvalue weighted by Crippen LogP contribution is -2.49. The van der Waals surface area contributed by atoms with E-state index in [9.17, 15) is 4.79 Å².